The third-order valence-corrected chi connectivity index (χ3v) is 5.00. The van der Waals surface area contributed by atoms with E-state index in [1.54, 1.807) is 17.9 Å². The maximum absolute atomic E-state index is 12.7. The third kappa shape index (κ3) is 4.11. The van der Waals surface area contributed by atoms with Crippen LogP contribution in [0, 0.1) is 5.92 Å². The van der Waals surface area contributed by atoms with E-state index in [9.17, 15) is 14.7 Å². The fraction of sp³-hybridized carbons (Fsp3) is 0.412. The Morgan fingerprint density at radius 1 is 1.48 bits per heavy atom. The molecule has 2 amide bonds. The number of benzene rings is 1. The molecule has 0 radical (unpaired) electrons. The van der Waals surface area contributed by atoms with Crippen molar-refractivity contribution < 1.29 is 19.4 Å². The first kappa shape index (κ1) is 17.9. The number of rotatable bonds is 5. The molecule has 0 aromatic heterocycles. The normalized spacial score (nSPS) is 21.0. The second kappa shape index (κ2) is 7.92. The predicted molar refractivity (Wildman–Crippen MR) is 95.1 cm³/mol. The first-order chi connectivity index (χ1) is 11.0. The molecule has 23 heavy (non-hydrogen) atoms. The predicted octanol–water partition coefficient (Wildman–Crippen LogP) is 2.91. The lowest BCUT2D eigenvalue weighted by Gasteiger charge is -2.25. The van der Waals surface area contributed by atoms with E-state index in [1.807, 2.05) is 52.9 Å². The van der Waals surface area contributed by atoms with Gasteiger partial charge in [-0.15, -0.1) is 0 Å². The van der Waals surface area contributed by atoms with Crippen molar-refractivity contribution in [3.63, 3.8) is 0 Å². The standard InChI is InChI=1S/C17H20INO4/c1-11(9-18)15(20)12(2)16(21)19-14(10-23-17(19)22)8-13-6-4-3-5-7-13/h3-7,9,12,14-15,20H,8,10H2,1-2H3/b11-9+/t12-,14-,15+/m1/s1. The second-order valence-electron chi connectivity index (χ2n) is 5.72. The van der Waals surface area contributed by atoms with Crippen molar-refractivity contribution >= 4 is 34.6 Å². The van der Waals surface area contributed by atoms with E-state index < -0.39 is 24.0 Å². The Hall–Kier alpha value is -1.41. The third-order valence-electron chi connectivity index (χ3n) is 4.01. The highest BCUT2D eigenvalue weighted by Crippen LogP contribution is 2.23. The summed E-state index contributed by atoms with van der Waals surface area (Å²) in [5.41, 5.74) is 1.73. The van der Waals surface area contributed by atoms with Gasteiger partial charge in [-0.1, -0.05) is 59.8 Å². The summed E-state index contributed by atoms with van der Waals surface area (Å²) in [6, 6.07) is 9.32. The van der Waals surface area contributed by atoms with Crippen LogP contribution in [0.2, 0.25) is 0 Å². The first-order valence-electron chi connectivity index (χ1n) is 7.44. The van der Waals surface area contributed by atoms with E-state index in [0.717, 1.165) is 10.5 Å². The van der Waals surface area contributed by atoms with Gasteiger partial charge in [0.15, 0.2) is 0 Å². The summed E-state index contributed by atoms with van der Waals surface area (Å²) in [5.74, 6) is -1.11. The van der Waals surface area contributed by atoms with E-state index in [2.05, 4.69) is 0 Å². The van der Waals surface area contributed by atoms with Crippen LogP contribution in [-0.4, -0.2) is 40.8 Å². The van der Waals surface area contributed by atoms with Crippen LogP contribution in [0.1, 0.15) is 19.4 Å². The molecule has 2 rings (SSSR count). The zero-order chi connectivity index (χ0) is 17.0. The van der Waals surface area contributed by atoms with E-state index in [1.165, 1.54) is 0 Å². The number of halogens is 1. The zero-order valence-electron chi connectivity index (χ0n) is 13.1. The molecule has 6 heteroatoms. The van der Waals surface area contributed by atoms with Gasteiger partial charge in [0.25, 0.3) is 0 Å². The first-order valence-corrected chi connectivity index (χ1v) is 8.69. The largest absolute Gasteiger partial charge is 0.447 e. The monoisotopic (exact) mass is 429 g/mol. The molecule has 0 aliphatic carbocycles. The Morgan fingerprint density at radius 2 is 2.13 bits per heavy atom. The summed E-state index contributed by atoms with van der Waals surface area (Å²) in [6.07, 6.45) is -1.00. The fourth-order valence-corrected chi connectivity index (χ4v) is 2.95. The molecule has 0 saturated carbocycles. The summed E-state index contributed by atoms with van der Waals surface area (Å²) >= 11 is 2.02. The minimum atomic E-state index is -0.912. The zero-order valence-corrected chi connectivity index (χ0v) is 15.3. The molecule has 1 aliphatic heterocycles. The second-order valence-corrected chi connectivity index (χ2v) is 6.34. The Bertz CT molecular complexity index is 602. The van der Waals surface area contributed by atoms with Crippen LogP contribution in [-0.2, 0) is 16.0 Å². The van der Waals surface area contributed by atoms with Crippen molar-refractivity contribution in [3.05, 3.63) is 45.6 Å². The maximum Gasteiger partial charge on any atom is 0.416 e. The van der Waals surface area contributed by atoms with Gasteiger partial charge in [-0.25, -0.2) is 9.69 Å². The van der Waals surface area contributed by atoms with Crippen molar-refractivity contribution in [2.24, 2.45) is 5.92 Å². The molecule has 1 aromatic rings. The van der Waals surface area contributed by atoms with Crippen LogP contribution in [0.15, 0.2) is 40.0 Å². The number of nitrogens with zero attached hydrogens (tertiary/aromatic N) is 1. The number of ether oxygens (including phenoxy) is 1. The maximum atomic E-state index is 12.7. The van der Waals surface area contributed by atoms with Crippen LogP contribution in [0.3, 0.4) is 0 Å². The molecule has 0 bridgehead atoms. The highest BCUT2D eigenvalue weighted by atomic mass is 127. The van der Waals surface area contributed by atoms with Crippen molar-refractivity contribution in [1.29, 1.82) is 0 Å². The molecule has 1 fully saturated rings. The van der Waals surface area contributed by atoms with Crippen molar-refractivity contribution in [2.45, 2.75) is 32.4 Å². The molecular weight excluding hydrogens is 409 g/mol. The average Bonchev–Trinajstić information content (AvgIpc) is 2.93. The van der Waals surface area contributed by atoms with Gasteiger partial charge in [-0.05, 0) is 28.6 Å². The molecule has 1 saturated heterocycles. The lowest BCUT2D eigenvalue weighted by atomic mass is 9.97. The number of amides is 2. The number of aliphatic hydroxyl groups is 1. The molecule has 0 spiro atoms. The van der Waals surface area contributed by atoms with Crippen molar-refractivity contribution in [1.82, 2.24) is 4.90 Å². The summed E-state index contributed by atoms with van der Waals surface area (Å²) in [5, 5.41) is 10.2. The number of imide groups is 1. The van der Waals surface area contributed by atoms with E-state index in [-0.39, 0.29) is 12.6 Å². The van der Waals surface area contributed by atoms with Gasteiger partial charge in [0.2, 0.25) is 5.91 Å². The number of carbonyl (C=O) groups is 2. The lowest BCUT2D eigenvalue weighted by Crippen LogP contribution is -2.45. The lowest BCUT2D eigenvalue weighted by molar-refractivity contribution is -0.135. The Morgan fingerprint density at radius 3 is 2.74 bits per heavy atom. The Kier molecular flexibility index (Phi) is 6.17. The molecule has 1 aromatic carbocycles. The van der Waals surface area contributed by atoms with Crippen LogP contribution in [0.25, 0.3) is 0 Å². The molecule has 1 heterocycles. The number of aliphatic hydroxyl groups excluding tert-OH is 1. The SMILES string of the molecule is C/C(=C\I)[C@H](O)[C@@H](C)C(=O)N1C(=O)OC[C@H]1Cc1ccccc1. The number of cyclic esters (lactones) is 1. The smallest absolute Gasteiger partial charge is 0.416 e. The Balaban J connectivity index is 2.14. The quantitative estimate of drug-likeness (QED) is 0.732. The summed E-state index contributed by atoms with van der Waals surface area (Å²) in [4.78, 5) is 25.8. The van der Waals surface area contributed by atoms with E-state index in [4.69, 9.17) is 4.74 Å². The van der Waals surface area contributed by atoms with Crippen LogP contribution >= 0.6 is 22.6 Å². The Labute approximate surface area is 149 Å². The number of carbonyl (C=O) groups excluding carboxylic acids is 2. The molecule has 1 aliphatic rings. The summed E-state index contributed by atoms with van der Waals surface area (Å²) in [6.45, 7) is 3.57. The summed E-state index contributed by atoms with van der Waals surface area (Å²) in [7, 11) is 0. The topological polar surface area (TPSA) is 66.8 Å². The van der Waals surface area contributed by atoms with Gasteiger partial charge in [0.1, 0.15) is 6.61 Å². The molecule has 5 nitrogen and oxygen atoms in total. The van der Waals surface area contributed by atoms with Crippen LogP contribution in [0.4, 0.5) is 4.79 Å². The van der Waals surface area contributed by atoms with E-state index in [0.29, 0.717) is 12.0 Å². The van der Waals surface area contributed by atoms with Gasteiger partial charge < -0.3 is 9.84 Å². The minimum Gasteiger partial charge on any atom is -0.447 e. The van der Waals surface area contributed by atoms with Gasteiger partial charge in [0.05, 0.1) is 18.1 Å². The fourth-order valence-electron chi connectivity index (χ4n) is 2.58. The van der Waals surface area contributed by atoms with Gasteiger partial charge >= 0.3 is 6.09 Å². The minimum absolute atomic E-state index is 0.184. The molecule has 124 valence electrons. The molecular formula is C17H20INO4. The molecule has 3 atom stereocenters. The number of hydrogen-bond donors (Lipinski definition) is 1. The van der Waals surface area contributed by atoms with E-state index >= 15 is 0 Å². The van der Waals surface area contributed by atoms with Crippen LogP contribution < -0.4 is 0 Å². The van der Waals surface area contributed by atoms with Gasteiger partial charge in [0, 0.05) is 0 Å². The average molecular weight is 429 g/mol. The number of hydrogen-bond acceptors (Lipinski definition) is 4. The van der Waals surface area contributed by atoms with Gasteiger partial charge in [-0.3, -0.25) is 4.79 Å². The highest BCUT2D eigenvalue weighted by Gasteiger charge is 2.41. The molecule has 1 N–H and O–H groups in total. The van der Waals surface area contributed by atoms with Gasteiger partial charge in [-0.2, -0.15) is 0 Å². The van der Waals surface area contributed by atoms with Crippen molar-refractivity contribution in [2.75, 3.05) is 6.61 Å². The summed E-state index contributed by atoms with van der Waals surface area (Å²) < 4.78 is 6.79. The van der Waals surface area contributed by atoms with Crippen molar-refractivity contribution in [3.8, 4) is 0 Å². The molecule has 0 unspecified atom stereocenters. The highest BCUT2D eigenvalue weighted by molar-refractivity contribution is 14.1. The van der Waals surface area contributed by atoms with Crippen LogP contribution in [0.5, 0.6) is 0 Å².